The predicted octanol–water partition coefficient (Wildman–Crippen LogP) is 2.10. The van der Waals surface area contributed by atoms with Crippen molar-refractivity contribution in [2.75, 3.05) is 0 Å². The molecular formula is C8H9BrN2O. The van der Waals surface area contributed by atoms with Crippen LogP contribution in [0.3, 0.4) is 0 Å². The number of nitrogens with zero attached hydrogens (tertiary/aromatic N) is 1. The first-order chi connectivity index (χ1) is 5.70. The van der Waals surface area contributed by atoms with Gasteiger partial charge in [0.15, 0.2) is 0 Å². The van der Waals surface area contributed by atoms with Crippen molar-refractivity contribution in [2.45, 2.75) is 13.3 Å². The van der Waals surface area contributed by atoms with E-state index in [4.69, 9.17) is 0 Å². The zero-order valence-electron chi connectivity index (χ0n) is 6.72. The fraction of sp³-hybridized carbons (Fsp3) is 0.250. The number of carbonyl (C=O) groups excluding carboxylic acids is 1. The van der Waals surface area contributed by atoms with E-state index in [-0.39, 0.29) is 5.78 Å². The predicted molar refractivity (Wildman–Crippen MR) is 50.2 cm³/mol. The average Bonchev–Trinajstić information content (AvgIpc) is 2.45. The van der Waals surface area contributed by atoms with Gasteiger partial charge in [-0.25, -0.2) is 0 Å². The van der Waals surface area contributed by atoms with Crippen molar-refractivity contribution in [3.05, 3.63) is 28.5 Å². The van der Waals surface area contributed by atoms with Gasteiger partial charge in [0.1, 0.15) is 5.69 Å². The van der Waals surface area contributed by atoms with Gasteiger partial charge in [-0.3, -0.25) is 9.89 Å². The molecule has 64 valence electrons. The molecule has 4 heteroatoms. The van der Waals surface area contributed by atoms with Crippen LogP contribution in [0.25, 0.3) is 0 Å². The molecule has 1 N–H and O–H groups in total. The Morgan fingerprint density at radius 1 is 1.83 bits per heavy atom. The number of hydrogen-bond donors (Lipinski definition) is 1. The molecular weight excluding hydrogens is 220 g/mol. The van der Waals surface area contributed by atoms with Crippen molar-refractivity contribution >= 4 is 21.7 Å². The molecule has 0 saturated heterocycles. The summed E-state index contributed by atoms with van der Waals surface area (Å²) in [5.74, 6) is -0.169. The molecule has 3 nitrogen and oxygen atoms in total. The van der Waals surface area contributed by atoms with Crippen molar-refractivity contribution in [3.8, 4) is 0 Å². The monoisotopic (exact) mass is 228 g/mol. The first kappa shape index (κ1) is 9.19. The molecule has 0 radical (unpaired) electrons. The van der Waals surface area contributed by atoms with Crippen LogP contribution in [-0.4, -0.2) is 16.0 Å². The number of allylic oxidation sites excluding steroid dienone is 1. The van der Waals surface area contributed by atoms with E-state index in [0.29, 0.717) is 5.69 Å². The Labute approximate surface area is 79.0 Å². The van der Waals surface area contributed by atoms with Crippen LogP contribution >= 0.6 is 15.9 Å². The van der Waals surface area contributed by atoms with E-state index in [0.717, 1.165) is 16.6 Å². The molecule has 0 atom stereocenters. The number of hydrogen-bond acceptors (Lipinski definition) is 2. The number of aromatic nitrogens is 2. The fourth-order valence-electron chi connectivity index (χ4n) is 0.859. The van der Waals surface area contributed by atoms with Gasteiger partial charge in [-0.2, -0.15) is 5.10 Å². The summed E-state index contributed by atoms with van der Waals surface area (Å²) in [5, 5.41) is 6.64. The summed E-state index contributed by atoms with van der Waals surface area (Å²) in [7, 11) is 0. The van der Waals surface area contributed by atoms with Gasteiger partial charge in [-0.05, 0) is 28.4 Å². The number of halogens is 1. The molecule has 1 heterocycles. The largest absolute Gasteiger partial charge is 0.287 e. The Morgan fingerprint density at radius 3 is 2.92 bits per heavy atom. The van der Waals surface area contributed by atoms with E-state index in [2.05, 4.69) is 32.7 Å². The second kappa shape index (κ2) is 3.67. The summed E-state index contributed by atoms with van der Waals surface area (Å²) in [6, 6.07) is 0. The SMILES string of the molecule is C=CC(=O)c1n[nH]c(CC)c1Br. The van der Waals surface area contributed by atoms with Crippen molar-refractivity contribution in [1.29, 1.82) is 0 Å². The van der Waals surface area contributed by atoms with Gasteiger partial charge in [0.25, 0.3) is 0 Å². The topological polar surface area (TPSA) is 45.8 Å². The molecule has 0 saturated carbocycles. The number of carbonyl (C=O) groups is 1. The number of aryl methyl sites for hydroxylation is 1. The number of H-pyrrole nitrogens is 1. The number of ketones is 1. The van der Waals surface area contributed by atoms with E-state index >= 15 is 0 Å². The molecule has 0 aliphatic heterocycles. The highest BCUT2D eigenvalue weighted by Gasteiger charge is 2.13. The molecule has 0 unspecified atom stereocenters. The lowest BCUT2D eigenvalue weighted by Crippen LogP contribution is -1.94. The Balaban J connectivity index is 3.10. The van der Waals surface area contributed by atoms with Crippen LogP contribution < -0.4 is 0 Å². The van der Waals surface area contributed by atoms with Crippen LogP contribution in [0.15, 0.2) is 17.1 Å². The second-order valence-electron chi connectivity index (χ2n) is 2.29. The van der Waals surface area contributed by atoms with Crippen LogP contribution in [0.5, 0.6) is 0 Å². The lowest BCUT2D eigenvalue weighted by molar-refractivity contribution is 0.104. The standard InChI is InChI=1S/C8H9BrN2O/c1-3-5-7(9)8(11-10-5)6(12)4-2/h4H,2-3H2,1H3,(H,10,11). The van der Waals surface area contributed by atoms with Crippen LogP contribution in [-0.2, 0) is 6.42 Å². The molecule has 0 fully saturated rings. The Hall–Kier alpha value is -0.900. The zero-order valence-corrected chi connectivity index (χ0v) is 8.31. The molecule has 0 bridgehead atoms. The van der Waals surface area contributed by atoms with Gasteiger partial charge in [0, 0.05) is 5.69 Å². The van der Waals surface area contributed by atoms with Gasteiger partial charge in [0.2, 0.25) is 5.78 Å². The molecule has 12 heavy (non-hydrogen) atoms. The highest BCUT2D eigenvalue weighted by atomic mass is 79.9. The normalized spacial score (nSPS) is 9.83. The second-order valence-corrected chi connectivity index (χ2v) is 3.08. The van der Waals surface area contributed by atoms with Crippen LogP contribution in [0, 0.1) is 0 Å². The zero-order chi connectivity index (χ0) is 9.14. The van der Waals surface area contributed by atoms with Gasteiger partial charge in [-0.1, -0.05) is 13.5 Å². The van der Waals surface area contributed by atoms with Gasteiger partial charge < -0.3 is 0 Å². The number of rotatable bonds is 3. The number of aromatic amines is 1. The molecule has 0 amide bonds. The van der Waals surface area contributed by atoms with Gasteiger partial charge >= 0.3 is 0 Å². The lowest BCUT2D eigenvalue weighted by Gasteiger charge is -1.90. The van der Waals surface area contributed by atoms with Crippen molar-refractivity contribution in [2.24, 2.45) is 0 Å². The molecule has 0 aromatic carbocycles. The number of nitrogens with one attached hydrogen (secondary N) is 1. The summed E-state index contributed by atoms with van der Waals surface area (Å²) in [6.45, 7) is 5.38. The molecule has 1 aromatic heterocycles. The van der Waals surface area contributed by atoms with Crippen molar-refractivity contribution < 1.29 is 4.79 Å². The molecule has 1 aromatic rings. The first-order valence-corrected chi connectivity index (χ1v) is 4.39. The maximum atomic E-state index is 11.1. The Morgan fingerprint density at radius 2 is 2.50 bits per heavy atom. The maximum absolute atomic E-state index is 11.1. The van der Waals surface area contributed by atoms with Crippen LogP contribution in [0.1, 0.15) is 23.1 Å². The third kappa shape index (κ3) is 1.48. The quantitative estimate of drug-likeness (QED) is 0.637. The highest BCUT2D eigenvalue weighted by molar-refractivity contribution is 9.10. The minimum absolute atomic E-state index is 0.169. The molecule has 0 aliphatic carbocycles. The average molecular weight is 229 g/mol. The third-order valence-electron chi connectivity index (χ3n) is 1.55. The summed E-state index contributed by atoms with van der Waals surface area (Å²) >= 11 is 3.29. The summed E-state index contributed by atoms with van der Waals surface area (Å²) in [5.41, 5.74) is 1.34. The van der Waals surface area contributed by atoms with E-state index in [1.165, 1.54) is 6.08 Å². The summed E-state index contributed by atoms with van der Waals surface area (Å²) < 4.78 is 0.745. The highest BCUT2D eigenvalue weighted by Crippen LogP contribution is 2.19. The Bertz CT molecular complexity index is 317. The molecule has 0 spiro atoms. The smallest absolute Gasteiger partial charge is 0.206 e. The van der Waals surface area contributed by atoms with E-state index in [1.54, 1.807) is 0 Å². The summed E-state index contributed by atoms with van der Waals surface area (Å²) in [4.78, 5) is 11.1. The van der Waals surface area contributed by atoms with Crippen LogP contribution in [0.4, 0.5) is 0 Å². The van der Waals surface area contributed by atoms with E-state index in [9.17, 15) is 4.79 Å². The van der Waals surface area contributed by atoms with Crippen molar-refractivity contribution in [3.63, 3.8) is 0 Å². The minimum atomic E-state index is -0.169. The maximum Gasteiger partial charge on any atom is 0.206 e. The summed E-state index contributed by atoms with van der Waals surface area (Å²) in [6.07, 6.45) is 2.07. The van der Waals surface area contributed by atoms with Crippen molar-refractivity contribution in [1.82, 2.24) is 10.2 Å². The van der Waals surface area contributed by atoms with Crippen LogP contribution in [0.2, 0.25) is 0 Å². The fourth-order valence-corrected chi connectivity index (χ4v) is 1.51. The first-order valence-electron chi connectivity index (χ1n) is 3.60. The lowest BCUT2D eigenvalue weighted by atomic mass is 10.2. The molecule has 1 rings (SSSR count). The van der Waals surface area contributed by atoms with E-state index < -0.39 is 0 Å². The van der Waals surface area contributed by atoms with E-state index in [1.807, 2.05) is 6.92 Å². The third-order valence-corrected chi connectivity index (χ3v) is 2.40. The minimum Gasteiger partial charge on any atom is -0.287 e. The molecule has 0 aliphatic rings. The Kier molecular flexibility index (Phi) is 2.81. The van der Waals surface area contributed by atoms with Gasteiger partial charge in [0.05, 0.1) is 4.47 Å². The van der Waals surface area contributed by atoms with Gasteiger partial charge in [-0.15, -0.1) is 0 Å².